The molecule has 2 heterocycles. The van der Waals surface area contributed by atoms with Crippen molar-refractivity contribution in [3.63, 3.8) is 0 Å². The van der Waals surface area contributed by atoms with E-state index in [0.717, 1.165) is 16.8 Å². The lowest BCUT2D eigenvalue weighted by atomic mass is 10.1. The number of hydrogen-bond acceptors (Lipinski definition) is 5. The fraction of sp³-hybridized carbons (Fsp3) is 0.250. The molecule has 158 valence electrons. The molecule has 3 aromatic rings. The number of thiazole rings is 1. The summed E-state index contributed by atoms with van der Waals surface area (Å²) < 4.78 is 0. The van der Waals surface area contributed by atoms with Crippen molar-refractivity contribution in [3.05, 3.63) is 71.6 Å². The third kappa shape index (κ3) is 5.06. The van der Waals surface area contributed by atoms with Crippen LogP contribution in [-0.2, 0) is 20.8 Å². The van der Waals surface area contributed by atoms with Crippen LogP contribution >= 0.6 is 11.3 Å². The van der Waals surface area contributed by atoms with Crippen LogP contribution in [0.2, 0.25) is 0 Å². The van der Waals surface area contributed by atoms with Crippen LogP contribution in [0.15, 0.2) is 66.0 Å². The highest BCUT2D eigenvalue weighted by Crippen LogP contribution is 2.28. The van der Waals surface area contributed by atoms with Gasteiger partial charge in [0.15, 0.2) is 5.13 Å². The van der Waals surface area contributed by atoms with Gasteiger partial charge in [-0.1, -0.05) is 60.7 Å². The van der Waals surface area contributed by atoms with E-state index in [1.807, 2.05) is 66.0 Å². The number of anilines is 1. The maximum atomic E-state index is 13.1. The molecule has 0 unspecified atom stereocenters. The molecule has 1 saturated heterocycles. The summed E-state index contributed by atoms with van der Waals surface area (Å²) in [6.07, 6.45) is 1.25. The van der Waals surface area contributed by atoms with Crippen LogP contribution in [0.4, 0.5) is 5.13 Å². The zero-order valence-corrected chi connectivity index (χ0v) is 17.9. The van der Waals surface area contributed by atoms with Gasteiger partial charge >= 0.3 is 0 Å². The number of imide groups is 1. The Morgan fingerprint density at radius 2 is 1.61 bits per heavy atom. The third-order valence-corrected chi connectivity index (χ3v) is 6.13. The molecule has 0 aliphatic carbocycles. The maximum absolute atomic E-state index is 13.1. The summed E-state index contributed by atoms with van der Waals surface area (Å²) in [6, 6.07) is 19.8. The van der Waals surface area contributed by atoms with E-state index in [-0.39, 0.29) is 43.5 Å². The Balaban J connectivity index is 1.51. The second-order valence-corrected chi connectivity index (χ2v) is 8.19. The first-order valence-corrected chi connectivity index (χ1v) is 11.2. The van der Waals surface area contributed by atoms with Gasteiger partial charge in [-0.3, -0.25) is 24.2 Å². The van der Waals surface area contributed by atoms with Gasteiger partial charge in [0.1, 0.15) is 0 Å². The van der Waals surface area contributed by atoms with Gasteiger partial charge in [0.05, 0.1) is 5.69 Å². The highest BCUT2D eigenvalue weighted by molar-refractivity contribution is 7.14. The number of hydrogen-bond donors (Lipinski definition) is 0. The van der Waals surface area contributed by atoms with Crippen molar-refractivity contribution in [1.29, 1.82) is 0 Å². The Hall–Kier alpha value is -3.32. The minimum absolute atomic E-state index is 0.0898. The number of likely N-dealkylation sites (tertiary alicyclic amines) is 1. The molecule has 0 spiro atoms. The normalized spacial score (nSPS) is 13.6. The minimum atomic E-state index is -0.200. The van der Waals surface area contributed by atoms with Crippen molar-refractivity contribution >= 4 is 34.2 Å². The van der Waals surface area contributed by atoms with Crippen LogP contribution in [0.5, 0.6) is 0 Å². The van der Waals surface area contributed by atoms with Gasteiger partial charge in [-0.05, 0) is 12.0 Å². The standard InChI is InChI=1S/C24H23N3O3S/c28-21-11-12-22(29)26(21)16-14-23(30)27(15-13-18-7-3-1-4-8-18)24-25-20(17-31-24)19-9-5-2-6-10-19/h1-10,17H,11-16H2. The van der Waals surface area contributed by atoms with Crippen molar-refractivity contribution in [2.75, 3.05) is 18.0 Å². The van der Waals surface area contributed by atoms with Crippen molar-refractivity contribution in [2.45, 2.75) is 25.7 Å². The Labute approximate surface area is 185 Å². The van der Waals surface area contributed by atoms with E-state index in [1.54, 1.807) is 4.90 Å². The number of benzene rings is 2. The van der Waals surface area contributed by atoms with E-state index in [4.69, 9.17) is 4.98 Å². The monoisotopic (exact) mass is 433 g/mol. The van der Waals surface area contributed by atoms with Crippen LogP contribution in [-0.4, -0.2) is 40.7 Å². The first-order chi connectivity index (χ1) is 15.1. The Kier molecular flexibility index (Phi) is 6.52. The van der Waals surface area contributed by atoms with Gasteiger partial charge in [-0.25, -0.2) is 4.98 Å². The van der Waals surface area contributed by atoms with E-state index in [2.05, 4.69) is 0 Å². The van der Waals surface area contributed by atoms with E-state index < -0.39 is 0 Å². The lowest BCUT2D eigenvalue weighted by molar-refractivity contribution is -0.138. The van der Waals surface area contributed by atoms with Gasteiger partial charge in [-0.15, -0.1) is 11.3 Å². The first kappa shape index (κ1) is 20.9. The van der Waals surface area contributed by atoms with Gasteiger partial charge in [0.2, 0.25) is 17.7 Å². The zero-order valence-electron chi connectivity index (χ0n) is 17.1. The molecule has 1 aliphatic rings. The van der Waals surface area contributed by atoms with Crippen LogP contribution < -0.4 is 4.90 Å². The number of rotatable bonds is 8. The summed E-state index contributed by atoms with van der Waals surface area (Å²) in [4.78, 5) is 44.5. The molecule has 0 atom stereocenters. The molecule has 2 aromatic carbocycles. The van der Waals surface area contributed by atoms with Crippen LogP contribution in [0.1, 0.15) is 24.8 Å². The number of nitrogens with zero attached hydrogens (tertiary/aromatic N) is 3. The quantitative estimate of drug-likeness (QED) is 0.505. The molecule has 0 radical (unpaired) electrons. The van der Waals surface area contributed by atoms with Gasteiger partial charge < -0.3 is 0 Å². The van der Waals surface area contributed by atoms with E-state index in [0.29, 0.717) is 18.1 Å². The molecule has 0 saturated carbocycles. The molecule has 0 bridgehead atoms. The highest BCUT2D eigenvalue weighted by Gasteiger charge is 2.30. The summed E-state index contributed by atoms with van der Waals surface area (Å²) in [5.41, 5.74) is 2.95. The maximum Gasteiger partial charge on any atom is 0.230 e. The Morgan fingerprint density at radius 3 is 2.29 bits per heavy atom. The van der Waals surface area contributed by atoms with Crippen molar-refractivity contribution in [1.82, 2.24) is 9.88 Å². The molecular weight excluding hydrogens is 410 g/mol. The average Bonchev–Trinajstić information content (AvgIpc) is 3.41. The minimum Gasteiger partial charge on any atom is -0.288 e. The van der Waals surface area contributed by atoms with Gasteiger partial charge in [0, 0.05) is 43.3 Å². The lowest BCUT2D eigenvalue weighted by Gasteiger charge is -2.21. The molecule has 1 fully saturated rings. The SMILES string of the molecule is O=C1CCC(=O)N1CCC(=O)N(CCc1ccccc1)c1nc(-c2ccccc2)cs1. The molecular formula is C24H23N3O3S. The summed E-state index contributed by atoms with van der Waals surface area (Å²) >= 11 is 1.42. The molecule has 7 heteroatoms. The topological polar surface area (TPSA) is 70.6 Å². The van der Waals surface area contributed by atoms with Gasteiger partial charge in [-0.2, -0.15) is 0 Å². The highest BCUT2D eigenvalue weighted by atomic mass is 32.1. The van der Waals surface area contributed by atoms with Crippen LogP contribution in [0, 0.1) is 0 Å². The molecule has 1 aliphatic heterocycles. The number of aromatic nitrogens is 1. The smallest absolute Gasteiger partial charge is 0.230 e. The Morgan fingerprint density at radius 1 is 0.968 bits per heavy atom. The van der Waals surface area contributed by atoms with Crippen molar-refractivity contribution in [3.8, 4) is 11.3 Å². The van der Waals surface area contributed by atoms with E-state index in [9.17, 15) is 14.4 Å². The van der Waals surface area contributed by atoms with Gasteiger partial charge in [0.25, 0.3) is 0 Å². The number of carbonyl (C=O) groups excluding carboxylic acids is 3. The second kappa shape index (κ2) is 9.66. The molecule has 4 rings (SSSR count). The predicted molar refractivity (Wildman–Crippen MR) is 121 cm³/mol. The fourth-order valence-electron chi connectivity index (χ4n) is 3.56. The van der Waals surface area contributed by atoms with Crippen LogP contribution in [0.25, 0.3) is 11.3 Å². The summed E-state index contributed by atoms with van der Waals surface area (Å²) in [5, 5.41) is 2.57. The second-order valence-electron chi connectivity index (χ2n) is 7.35. The lowest BCUT2D eigenvalue weighted by Crippen LogP contribution is -2.37. The molecule has 1 aromatic heterocycles. The molecule has 6 nitrogen and oxygen atoms in total. The Bertz CT molecular complexity index is 1050. The predicted octanol–water partition coefficient (Wildman–Crippen LogP) is 3.92. The molecule has 31 heavy (non-hydrogen) atoms. The van der Waals surface area contributed by atoms with E-state index >= 15 is 0 Å². The zero-order chi connectivity index (χ0) is 21.6. The summed E-state index contributed by atoms with van der Waals surface area (Å²) in [5.74, 6) is -0.541. The molecule has 0 N–H and O–H groups in total. The molecule has 3 amide bonds. The van der Waals surface area contributed by atoms with E-state index in [1.165, 1.54) is 16.2 Å². The third-order valence-electron chi connectivity index (χ3n) is 5.26. The van der Waals surface area contributed by atoms with Crippen molar-refractivity contribution in [2.24, 2.45) is 0 Å². The first-order valence-electron chi connectivity index (χ1n) is 10.3. The van der Waals surface area contributed by atoms with Crippen LogP contribution in [0.3, 0.4) is 0 Å². The summed E-state index contributed by atoms with van der Waals surface area (Å²) in [6.45, 7) is 0.599. The average molecular weight is 434 g/mol. The number of amides is 3. The van der Waals surface area contributed by atoms with Crippen molar-refractivity contribution < 1.29 is 14.4 Å². The largest absolute Gasteiger partial charge is 0.288 e. The number of carbonyl (C=O) groups is 3. The fourth-order valence-corrected chi connectivity index (χ4v) is 4.43. The summed E-state index contributed by atoms with van der Waals surface area (Å²) in [7, 11) is 0.